The van der Waals surface area contributed by atoms with Crippen molar-refractivity contribution in [2.75, 3.05) is 0 Å². The molecule has 11 nitrogen and oxygen atoms in total. The maximum Gasteiger partial charge on any atom is 0.293 e. The Kier molecular flexibility index (Phi) is 4.26. The van der Waals surface area contributed by atoms with Gasteiger partial charge in [0, 0.05) is 17.9 Å². The third kappa shape index (κ3) is 2.40. The number of aliphatic hydroxyl groups is 3. The van der Waals surface area contributed by atoms with Crippen molar-refractivity contribution in [3.8, 4) is 5.75 Å². The lowest BCUT2D eigenvalue weighted by Crippen LogP contribution is -2.65. The topological polar surface area (TPSA) is 202 Å². The number of carbonyl (C=O) groups is 5. The van der Waals surface area contributed by atoms with E-state index in [0.29, 0.717) is 0 Å². The molecule has 3 aliphatic rings. The number of amides is 1. The molecule has 0 saturated heterocycles. The van der Waals surface area contributed by atoms with Crippen LogP contribution in [0.25, 0.3) is 5.76 Å². The van der Waals surface area contributed by atoms with E-state index in [2.05, 4.69) is 0 Å². The molecule has 3 aliphatic carbocycles. The Labute approximate surface area is 173 Å². The molecule has 1 amide bonds. The molecule has 1 aromatic carbocycles. The van der Waals surface area contributed by atoms with E-state index in [-0.39, 0.29) is 17.6 Å². The molecule has 0 bridgehead atoms. The Bertz CT molecular complexity index is 1160. The normalized spacial score (nSPS) is 29.8. The number of ketones is 3. The SMILES string of the molecule is NC(=O)C1=C(O)[C@@]2(O)C(=O)C3=C(O)c4c(O)cccc4C(=O)[C@H]3[C@H](OC=O)[C@H]2CC1=O. The van der Waals surface area contributed by atoms with Crippen molar-refractivity contribution >= 4 is 35.5 Å². The van der Waals surface area contributed by atoms with Crippen LogP contribution in [0.2, 0.25) is 0 Å². The van der Waals surface area contributed by atoms with E-state index in [4.69, 9.17) is 10.5 Å². The summed E-state index contributed by atoms with van der Waals surface area (Å²) in [5, 5.41) is 42.6. The molecule has 0 unspecified atom stereocenters. The van der Waals surface area contributed by atoms with Gasteiger partial charge >= 0.3 is 0 Å². The molecule has 6 N–H and O–H groups in total. The van der Waals surface area contributed by atoms with Crippen molar-refractivity contribution in [1.29, 1.82) is 0 Å². The number of aromatic hydroxyl groups is 1. The Hall–Kier alpha value is -3.99. The van der Waals surface area contributed by atoms with Crippen LogP contribution in [-0.4, -0.2) is 61.9 Å². The van der Waals surface area contributed by atoms with Gasteiger partial charge in [0.2, 0.25) is 5.78 Å². The van der Waals surface area contributed by atoms with Crippen LogP contribution in [0.1, 0.15) is 22.3 Å². The van der Waals surface area contributed by atoms with E-state index >= 15 is 0 Å². The van der Waals surface area contributed by atoms with E-state index in [1.54, 1.807) is 0 Å². The van der Waals surface area contributed by atoms with E-state index in [1.807, 2.05) is 0 Å². The fraction of sp³-hybridized carbons (Fsp3) is 0.250. The molecular formula is C20H15NO10. The van der Waals surface area contributed by atoms with Gasteiger partial charge < -0.3 is 30.9 Å². The highest BCUT2D eigenvalue weighted by Gasteiger charge is 2.66. The fourth-order valence-electron chi connectivity index (χ4n) is 4.64. The maximum absolute atomic E-state index is 13.3. The van der Waals surface area contributed by atoms with Crippen molar-refractivity contribution < 1.29 is 49.1 Å². The average Bonchev–Trinajstić information content (AvgIpc) is 2.70. The minimum Gasteiger partial charge on any atom is -0.508 e. The third-order valence-electron chi connectivity index (χ3n) is 5.99. The van der Waals surface area contributed by atoms with Crippen LogP contribution in [0.5, 0.6) is 5.75 Å². The Balaban J connectivity index is 2.06. The number of carbonyl (C=O) groups excluding carboxylic acids is 5. The quantitative estimate of drug-likeness (QED) is 0.299. The van der Waals surface area contributed by atoms with Crippen LogP contribution in [-0.2, 0) is 23.9 Å². The summed E-state index contributed by atoms with van der Waals surface area (Å²) in [7, 11) is 0. The van der Waals surface area contributed by atoms with E-state index < -0.39 is 81.6 Å². The van der Waals surface area contributed by atoms with Crippen LogP contribution in [0.4, 0.5) is 0 Å². The summed E-state index contributed by atoms with van der Waals surface area (Å²) in [6.45, 7) is -0.0738. The van der Waals surface area contributed by atoms with Crippen LogP contribution in [0.15, 0.2) is 35.1 Å². The Morgan fingerprint density at radius 2 is 1.87 bits per heavy atom. The number of nitrogens with two attached hydrogens (primary N) is 1. The molecule has 0 radical (unpaired) electrons. The van der Waals surface area contributed by atoms with Gasteiger partial charge in [-0.25, -0.2) is 0 Å². The summed E-state index contributed by atoms with van der Waals surface area (Å²) >= 11 is 0. The van der Waals surface area contributed by atoms with Gasteiger partial charge in [0.05, 0.1) is 17.1 Å². The summed E-state index contributed by atoms with van der Waals surface area (Å²) in [5.74, 6) is -10.7. The van der Waals surface area contributed by atoms with Gasteiger partial charge in [0.15, 0.2) is 17.2 Å². The maximum atomic E-state index is 13.3. The molecule has 160 valence electrons. The predicted octanol–water partition coefficient (Wildman–Crippen LogP) is -0.784. The first-order chi connectivity index (χ1) is 14.6. The third-order valence-corrected chi connectivity index (χ3v) is 5.99. The number of hydrogen-bond donors (Lipinski definition) is 5. The lowest BCUT2D eigenvalue weighted by Gasteiger charge is -2.48. The largest absolute Gasteiger partial charge is 0.508 e. The zero-order valence-corrected chi connectivity index (χ0v) is 15.6. The van der Waals surface area contributed by atoms with Gasteiger partial charge in [-0.2, -0.15) is 0 Å². The molecular weight excluding hydrogens is 414 g/mol. The summed E-state index contributed by atoms with van der Waals surface area (Å²) in [6.07, 6.45) is -2.42. The summed E-state index contributed by atoms with van der Waals surface area (Å²) < 4.78 is 4.97. The Morgan fingerprint density at radius 3 is 2.48 bits per heavy atom. The minimum atomic E-state index is -2.99. The standard InChI is InChI=1S/C20H15NO10/c21-19(29)11-9(24)4-7-16(31-5-22)12-13(18(28)20(7,30)17(11)27)15(26)10-6(14(12)25)2-1-3-8(10)23/h1-3,5,7,12,16,23,26-27,30H,4H2,(H2,21,29)/t7-,12+,16-,20-/m1/s1. The monoisotopic (exact) mass is 429 g/mol. The van der Waals surface area contributed by atoms with Crippen LogP contribution >= 0.6 is 0 Å². The highest BCUT2D eigenvalue weighted by Crippen LogP contribution is 2.52. The van der Waals surface area contributed by atoms with E-state index in [9.17, 15) is 44.4 Å². The number of ether oxygens (including phenoxy) is 1. The number of hydrogen-bond acceptors (Lipinski definition) is 10. The second-order valence-electron chi connectivity index (χ2n) is 7.42. The predicted molar refractivity (Wildman–Crippen MR) is 98.3 cm³/mol. The zero-order valence-electron chi connectivity index (χ0n) is 15.6. The van der Waals surface area contributed by atoms with E-state index in [1.165, 1.54) is 12.1 Å². The lowest BCUT2D eigenvalue weighted by molar-refractivity contribution is -0.167. The molecule has 1 aromatic rings. The van der Waals surface area contributed by atoms with Gasteiger partial charge in [-0.15, -0.1) is 0 Å². The lowest BCUT2D eigenvalue weighted by atomic mass is 9.57. The van der Waals surface area contributed by atoms with Gasteiger partial charge in [0.25, 0.3) is 12.4 Å². The molecule has 4 atom stereocenters. The highest BCUT2D eigenvalue weighted by molar-refractivity contribution is 6.25. The van der Waals surface area contributed by atoms with E-state index in [0.717, 1.165) is 6.07 Å². The highest BCUT2D eigenvalue weighted by atomic mass is 16.5. The van der Waals surface area contributed by atoms with Crippen molar-refractivity contribution in [3.05, 3.63) is 46.2 Å². The Morgan fingerprint density at radius 1 is 1.19 bits per heavy atom. The molecule has 31 heavy (non-hydrogen) atoms. The number of Topliss-reactive ketones (excluding diaryl/α,β-unsaturated/α-hetero) is 3. The second-order valence-corrected chi connectivity index (χ2v) is 7.42. The van der Waals surface area contributed by atoms with Crippen LogP contribution in [0, 0.1) is 11.8 Å². The fourth-order valence-corrected chi connectivity index (χ4v) is 4.64. The van der Waals surface area contributed by atoms with Crippen LogP contribution < -0.4 is 5.73 Å². The number of primary amides is 1. The molecule has 1 saturated carbocycles. The second kappa shape index (κ2) is 6.51. The smallest absolute Gasteiger partial charge is 0.293 e. The molecule has 0 aromatic heterocycles. The van der Waals surface area contributed by atoms with Gasteiger partial charge in [-0.05, 0) is 6.07 Å². The number of phenols is 1. The van der Waals surface area contributed by atoms with Crippen molar-refractivity contribution in [2.45, 2.75) is 18.1 Å². The molecule has 1 fully saturated rings. The number of benzene rings is 1. The van der Waals surface area contributed by atoms with Gasteiger partial charge in [0.1, 0.15) is 28.9 Å². The number of aliphatic hydroxyl groups excluding tert-OH is 2. The molecule has 0 heterocycles. The van der Waals surface area contributed by atoms with Crippen molar-refractivity contribution in [3.63, 3.8) is 0 Å². The van der Waals surface area contributed by atoms with Gasteiger partial charge in [-0.3, -0.25) is 24.0 Å². The number of rotatable bonds is 3. The molecule has 4 rings (SSSR count). The molecule has 0 spiro atoms. The summed E-state index contributed by atoms with van der Waals surface area (Å²) in [5.41, 5.74) is -0.213. The summed E-state index contributed by atoms with van der Waals surface area (Å²) in [6, 6.07) is 3.73. The number of phenolic OH excluding ortho intramolecular Hbond substituents is 1. The first-order valence-electron chi connectivity index (χ1n) is 9.00. The van der Waals surface area contributed by atoms with Gasteiger partial charge in [-0.1, -0.05) is 12.1 Å². The van der Waals surface area contributed by atoms with Crippen LogP contribution in [0.3, 0.4) is 0 Å². The average molecular weight is 429 g/mol. The first kappa shape index (κ1) is 20.3. The van der Waals surface area contributed by atoms with Crippen molar-refractivity contribution in [1.82, 2.24) is 0 Å². The zero-order chi connectivity index (χ0) is 22.8. The molecule has 11 heteroatoms. The minimum absolute atomic E-state index is 0.0738. The first-order valence-corrected chi connectivity index (χ1v) is 9.00. The number of fused-ring (bicyclic) bond motifs is 3. The van der Waals surface area contributed by atoms with Crippen molar-refractivity contribution in [2.24, 2.45) is 17.6 Å². The summed E-state index contributed by atoms with van der Waals surface area (Å²) in [4.78, 5) is 61.7. The molecule has 0 aliphatic heterocycles.